The largest absolute Gasteiger partial charge is 0.489 e. The van der Waals surface area contributed by atoms with E-state index in [1.165, 1.54) is 0 Å². The molecule has 3 aromatic heterocycles. The van der Waals surface area contributed by atoms with Gasteiger partial charge in [-0.1, -0.05) is 0 Å². The molecule has 1 aliphatic rings. The molecule has 1 aliphatic heterocycles. The molecule has 3 aromatic rings. The Balaban J connectivity index is 1.27. The average molecular weight is 389 g/mol. The maximum absolute atomic E-state index is 12.8. The molecule has 1 amide bonds. The number of nitrogens with one attached hydrogen (secondary N) is 1. The van der Waals surface area contributed by atoms with Crippen molar-refractivity contribution in [2.24, 2.45) is 0 Å². The molecular formula is C22H23N5O2. The number of likely N-dealkylation sites (tertiary alicyclic amines) is 1. The minimum Gasteiger partial charge on any atom is -0.489 e. The van der Waals surface area contributed by atoms with Gasteiger partial charge < -0.3 is 15.0 Å². The molecular weight excluding hydrogens is 366 g/mol. The van der Waals surface area contributed by atoms with Gasteiger partial charge in [-0.3, -0.25) is 14.8 Å². The fourth-order valence-corrected chi connectivity index (χ4v) is 3.29. The zero-order valence-corrected chi connectivity index (χ0v) is 16.1. The van der Waals surface area contributed by atoms with Gasteiger partial charge in [-0.15, -0.1) is 0 Å². The highest BCUT2D eigenvalue weighted by atomic mass is 16.5. The number of piperidine rings is 1. The van der Waals surface area contributed by atoms with Crippen molar-refractivity contribution in [1.82, 2.24) is 19.9 Å². The van der Waals surface area contributed by atoms with Crippen molar-refractivity contribution in [2.45, 2.75) is 25.5 Å². The lowest BCUT2D eigenvalue weighted by molar-refractivity contribution is 0.0594. The molecule has 0 atom stereocenters. The summed E-state index contributed by atoms with van der Waals surface area (Å²) in [6.07, 6.45) is 10.3. The van der Waals surface area contributed by atoms with Gasteiger partial charge in [0.1, 0.15) is 17.7 Å². The number of nitrogens with zero attached hydrogens (tertiary/aromatic N) is 4. The van der Waals surface area contributed by atoms with Crippen LogP contribution in [0.3, 0.4) is 0 Å². The van der Waals surface area contributed by atoms with Crippen LogP contribution in [-0.2, 0) is 6.54 Å². The first kappa shape index (κ1) is 18.9. The predicted molar refractivity (Wildman–Crippen MR) is 110 cm³/mol. The Hall–Kier alpha value is -3.48. The molecule has 0 unspecified atom stereocenters. The number of carbonyl (C=O) groups is 1. The molecule has 0 radical (unpaired) electrons. The fraction of sp³-hybridized carbons (Fsp3) is 0.273. The number of ether oxygens (including phenoxy) is 1. The second-order valence-electron chi connectivity index (χ2n) is 6.94. The van der Waals surface area contributed by atoms with Crippen molar-refractivity contribution in [3.8, 4) is 5.75 Å². The highest BCUT2D eigenvalue weighted by Crippen LogP contribution is 2.19. The van der Waals surface area contributed by atoms with E-state index in [1.54, 1.807) is 31.0 Å². The van der Waals surface area contributed by atoms with Gasteiger partial charge in [0.05, 0.1) is 11.8 Å². The van der Waals surface area contributed by atoms with Crippen LogP contribution in [0.2, 0.25) is 0 Å². The molecule has 148 valence electrons. The van der Waals surface area contributed by atoms with Crippen molar-refractivity contribution in [3.05, 3.63) is 78.5 Å². The monoisotopic (exact) mass is 389 g/mol. The van der Waals surface area contributed by atoms with E-state index in [0.29, 0.717) is 25.2 Å². The number of pyridine rings is 3. The van der Waals surface area contributed by atoms with Crippen LogP contribution < -0.4 is 10.1 Å². The SMILES string of the molecule is O=C(c1ccc(NCc2ccncc2)nc1)N1CCC(Oc2cccnc2)CC1. The van der Waals surface area contributed by atoms with Gasteiger partial charge in [0.25, 0.3) is 5.91 Å². The predicted octanol–water partition coefficient (Wildman–Crippen LogP) is 3.17. The van der Waals surface area contributed by atoms with Gasteiger partial charge in [0, 0.05) is 57.3 Å². The van der Waals surface area contributed by atoms with E-state index >= 15 is 0 Å². The molecule has 7 heteroatoms. The molecule has 0 aliphatic carbocycles. The molecule has 0 aromatic carbocycles. The molecule has 0 spiro atoms. The molecule has 1 fully saturated rings. The third kappa shape index (κ3) is 5.07. The summed E-state index contributed by atoms with van der Waals surface area (Å²) in [7, 11) is 0. The quantitative estimate of drug-likeness (QED) is 0.698. The standard InChI is InChI=1S/C22H23N5O2/c28-22(27-12-7-19(8-13-27)29-20-2-1-9-24-16-20)18-3-4-21(26-15-18)25-14-17-5-10-23-11-6-17/h1-6,9-11,15-16,19H,7-8,12-14H2,(H,25,26). The highest BCUT2D eigenvalue weighted by Gasteiger charge is 2.25. The van der Waals surface area contributed by atoms with Gasteiger partial charge in [0.15, 0.2) is 0 Å². The fourth-order valence-electron chi connectivity index (χ4n) is 3.29. The summed E-state index contributed by atoms with van der Waals surface area (Å²) in [5, 5.41) is 3.25. The zero-order valence-electron chi connectivity index (χ0n) is 16.1. The second kappa shape index (κ2) is 9.14. The van der Waals surface area contributed by atoms with Gasteiger partial charge in [-0.25, -0.2) is 4.98 Å². The van der Waals surface area contributed by atoms with Crippen LogP contribution in [-0.4, -0.2) is 45.0 Å². The van der Waals surface area contributed by atoms with Crippen LogP contribution in [0.15, 0.2) is 67.4 Å². The molecule has 7 nitrogen and oxygen atoms in total. The average Bonchev–Trinajstić information content (AvgIpc) is 2.79. The summed E-state index contributed by atoms with van der Waals surface area (Å²) in [4.78, 5) is 27.1. The summed E-state index contributed by atoms with van der Waals surface area (Å²) < 4.78 is 5.94. The second-order valence-corrected chi connectivity index (χ2v) is 6.94. The van der Waals surface area contributed by atoms with Crippen LogP contribution in [0.1, 0.15) is 28.8 Å². The Morgan fingerprint density at radius 3 is 2.55 bits per heavy atom. The van der Waals surface area contributed by atoms with Crippen LogP contribution in [0, 0.1) is 0 Å². The Bertz CT molecular complexity index is 911. The van der Waals surface area contributed by atoms with E-state index in [2.05, 4.69) is 20.3 Å². The normalized spacial score (nSPS) is 14.4. The summed E-state index contributed by atoms with van der Waals surface area (Å²) in [6.45, 7) is 2.00. The third-order valence-corrected chi connectivity index (χ3v) is 4.90. The molecule has 0 bridgehead atoms. The number of carbonyl (C=O) groups excluding carboxylic acids is 1. The molecule has 4 heterocycles. The Morgan fingerprint density at radius 1 is 1.03 bits per heavy atom. The number of hydrogen-bond donors (Lipinski definition) is 1. The van der Waals surface area contributed by atoms with E-state index in [-0.39, 0.29) is 12.0 Å². The Labute approximate surface area is 169 Å². The van der Waals surface area contributed by atoms with Crippen molar-refractivity contribution >= 4 is 11.7 Å². The maximum atomic E-state index is 12.8. The molecule has 0 saturated carbocycles. The van der Waals surface area contributed by atoms with Gasteiger partial charge >= 0.3 is 0 Å². The third-order valence-electron chi connectivity index (χ3n) is 4.90. The summed E-state index contributed by atoms with van der Waals surface area (Å²) in [5.41, 5.74) is 1.73. The van der Waals surface area contributed by atoms with Crippen LogP contribution in [0.5, 0.6) is 5.75 Å². The van der Waals surface area contributed by atoms with Gasteiger partial charge in [-0.05, 0) is 42.0 Å². The van der Waals surface area contributed by atoms with Crippen molar-refractivity contribution in [3.63, 3.8) is 0 Å². The first-order valence-electron chi connectivity index (χ1n) is 9.73. The lowest BCUT2D eigenvalue weighted by Crippen LogP contribution is -2.41. The van der Waals surface area contributed by atoms with Crippen LogP contribution in [0.4, 0.5) is 5.82 Å². The number of hydrogen-bond acceptors (Lipinski definition) is 6. The zero-order chi connectivity index (χ0) is 19.9. The van der Waals surface area contributed by atoms with E-state index in [1.807, 2.05) is 41.3 Å². The van der Waals surface area contributed by atoms with Gasteiger partial charge in [0.2, 0.25) is 0 Å². The molecule has 29 heavy (non-hydrogen) atoms. The number of aromatic nitrogens is 3. The maximum Gasteiger partial charge on any atom is 0.255 e. The van der Waals surface area contributed by atoms with Crippen molar-refractivity contribution < 1.29 is 9.53 Å². The van der Waals surface area contributed by atoms with E-state index < -0.39 is 0 Å². The Kier molecular flexibility index (Phi) is 5.95. The first-order valence-corrected chi connectivity index (χ1v) is 9.73. The summed E-state index contributed by atoms with van der Waals surface area (Å²) >= 11 is 0. The first-order chi connectivity index (χ1) is 14.3. The minimum absolute atomic E-state index is 0.0120. The van der Waals surface area contributed by atoms with E-state index in [0.717, 1.165) is 30.0 Å². The summed E-state index contributed by atoms with van der Waals surface area (Å²) in [6, 6.07) is 11.3. The number of rotatable bonds is 6. The highest BCUT2D eigenvalue weighted by molar-refractivity contribution is 5.94. The van der Waals surface area contributed by atoms with E-state index in [9.17, 15) is 4.79 Å². The van der Waals surface area contributed by atoms with Crippen molar-refractivity contribution in [1.29, 1.82) is 0 Å². The van der Waals surface area contributed by atoms with E-state index in [4.69, 9.17) is 4.74 Å². The summed E-state index contributed by atoms with van der Waals surface area (Å²) in [5.74, 6) is 1.52. The molecule has 1 N–H and O–H groups in total. The minimum atomic E-state index is 0.0120. The number of amides is 1. The molecule has 4 rings (SSSR count). The lowest BCUT2D eigenvalue weighted by atomic mass is 10.1. The Morgan fingerprint density at radius 2 is 1.86 bits per heavy atom. The van der Waals surface area contributed by atoms with Crippen molar-refractivity contribution in [2.75, 3.05) is 18.4 Å². The van der Waals surface area contributed by atoms with Crippen LogP contribution in [0.25, 0.3) is 0 Å². The number of anilines is 1. The van der Waals surface area contributed by atoms with Gasteiger partial charge in [-0.2, -0.15) is 0 Å². The topological polar surface area (TPSA) is 80.2 Å². The molecule has 1 saturated heterocycles. The lowest BCUT2D eigenvalue weighted by Gasteiger charge is -2.32. The van der Waals surface area contributed by atoms with Crippen LogP contribution >= 0.6 is 0 Å². The smallest absolute Gasteiger partial charge is 0.255 e.